The van der Waals surface area contributed by atoms with Gasteiger partial charge in [-0.3, -0.25) is 9.59 Å². The highest BCUT2D eigenvalue weighted by Gasteiger charge is 2.51. The van der Waals surface area contributed by atoms with E-state index in [1.165, 1.54) is 0 Å². The summed E-state index contributed by atoms with van der Waals surface area (Å²) >= 11 is 1.58. The molecule has 0 saturated heterocycles. The lowest BCUT2D eigenvalue weighted by Gasteiger charge is -2.23. The number of carboxylic acids is 1. The fourth-order valence-corrected chi connectivity index (χ4v) is 4.73. The molecule has 2 aliphatic rings. The topological polar surface area (TPSA) is 79.3 Å². The number of aryl methyl sites for hydroxylation is 1. The number of aliphatic carboxylic acids is 1. The molecule has 2 bridgehead atoms. The lowest BCUT2D eigenvalue weighted by Crippen LogP contribution is -2.36. The van der Waals surface area contributed by atoms with Crippen LogP contribution in [0.25, 0.3) is 10.2 Å². The van der Waals surface area contributed by atoms with Crippen molar-refractivity contribution in [3.05, 3.63) is 35.4 Å². The number of allylic oxidation sites excluding steroid dienone is 2. The maximum absolute atomic E-state index is 12.6. The van der Waals surface area contributed by atoms with Crippen LogP contribution < -0.4 is 5.32 Å². The van der Waals surface area contributed by atoms with Crippen LogP contribution in [0, 0.1) is 30.6 Å². The van der Waals surface area contributed by atoms with Crippen molar-refractivity contribution in [1.29, 1.82) is 0 Å². The molecule has 118 valence electrons. The predicted molar refractivity (Wildman–Crippen MR) is 88.3 cm³/mol. The van der Waals surface area contributed by atoms with E-state index < -0.39 is 17.8 Å². The van der Waals surface area contributed by atoms with E-state index in [9.17, 15) is 14.7 Å². The van der Waals surface area contributed by atoms with Gasteiger partial charge in [0.1, 0.15) is 0 Å². The molecule has 0 unspecified atom stereocenters. The van der Waals surface area contributed by atoms with E-state index in [1.807, 2.05) is 37.3 Å². The number of carbonyl (C=O) groups is 2. The second-order valence-corrected chi connectivity index (χ2v) is 7.48. The molecule has 0 radical (unpaired) electrons. The Morgan fingerprint density at radius 3 is 2.74 bits per heavy atom. The number of anilines is 1. The third kappa shape index (κ3) is 2.34. The van der Waals surface area contributed by atoms with Crippen molar-refractivity contribution in [3.63, 3.8) is 0 Å². The van der Waals surface area contributed by atoms with Gasteiger partial charge in [-0.1, -0.05) is 12.2 Å². The van der Waals surface area contributed by atoms with Crippen LogP contribution in [0.4, 0.5) is 5.69 Å². The summed E-state index contributed by atoms with van der Waals surface area (Å²) in [5.74, 6) is -2.15. The molecule has 4 rings (SSSR count). The first-order valence-corrected chi connectivity index (χ1v) is 8.44. The highest BCUT2D eigenvalue weighted by Crippen LogP contribution is 2.48. The normalized spacial score (nSPS) is 28.4. The van der Waals surface area contributed by atoms with E-state index in [2.05, 4.69) is 10.3 Å². The third-order valence-electron chi connectivity index (χ3n) is 4.81. The molecule has 2 aliphatic carbocycles. The van der Waals surface area contributed by atoms with Gasteiger partial charge in [0, 0.05) is 5.69 Å². The van der Waals surface area contributed by atoms with Gasteiger partial charge in [0.25, 0.3) is 0 Å². The van der Waals surface area contributed by atoms with Gasteiger partial charge in [-0.05, 0) is 43.4 Å². The van der Waals surface area contributed by atoms with Gasteiger partial charge in [-0.2, -0.15) is 0 Å². The maximum atomic E-state index is 12.6. The third-order valence-corrected chi connectivity index (χ3v) is 5.74. The Kier molecular flexibility index (Phi) is 3.23. The van der Waals surface area contributed by atoms with Crippen LogP contribution in [0.2, 0.25) is 0 Å². The number of carboxylic acid groups (broad SMARTS) is 1. The molecule has 2 N–H and O–H groups in total. The Balaban J connectivity index is 1.58. The van der Waals surface area contributed by atoms with Gasteiger partial charge in [-0.25, -0.2) is 4.98 Å². The van der Waals surface area contributed by atoms with Gasteiger partial charge >= 0.3 is 5.97 Å². The van der Waals surface area contributed by atoms with Crippen LogP contribution in [-0.4, -0.2) is 22.0 Å². The molecule has 6 heteroatoms. The zero-order valence-corrected chi connectivity index (χ0v) is 13.3. The number of hydrogen-bond acceptors (Lipinski definition) is 4. The number of hydrogen-bond donors (Lipinski definition) is 2. The highest BCUT2D eigenvalue weighted by atomic mass is 32.1. The van der Waals surface area contributed by atoms with Crippen molar-refractivity contribution in [2.24, 2.45) is 23.7 Å². The molecule has 2 aromatic rings. The lowest BCUT2D eigenvalue weighted by molar-refractivity contribution is -0.146. The Morgan fingerprint density at radius 2 is 2.00 bits per heavy atom. The van der Waals surface area contributed by atoms with Crippen LogP contribution >= 0.6 is 11.3 Å². The summed E-state index contributed by atoms with van der Waals surface area (Å²) in [6, 6.07) is 5.60. The molecule has 1 aromatic heterocycles. The largest absolute Gasteiger partial charge is 0.481 e. The SMILES string of the molecule is Cc1nc2ccc(NC(=O)[C@H]3[C@@H](C(=O)O)[C@H]4C=C[C@H]3C4)cc2s1. The second kappa shape index (κ2) is 5.16. The van der Waals surface area contributed by atoms with Gasteiger partial charge < -0.3 is 10.4 Å². The number of carbonyl (C=O) groups excluding carboxylic acids is 1. The van der Waals surface area contributed by atoms with Crippen molar-refractivity contribution in [2.45, 2.75) is 13.3 Å². The number of nitrogens with zero attached hydrogens (tertiary/aromatic N) is 1. The Bertz CT molecular complexity index is 841. The minimum Gasteiger partial charge on any atom is -0.481 e. The number of fused-ring (bicyclic) bond motifs is 3. The van der Waals surface area contributed by atoms with Crippen molar-refractivity contribution in [1.82, 2.24) is 4.98 Å². The van der Waals surface area contributed by atoms with Crippen molar-refractivity contribution in [2.75, 3.05) is 5.32 Å². The van der Waals surface area contributed by atoms with Gasteiger partial charge in [0.05, 0.1) is 27.1 Å². The quantitative estimate of drug-likeness (QED) is 0.849. The number of nitrogens with one attached hydrogen (secondary N) is 1. The minimum absolute atomic E-state index is 0.0140. The molecule has 0 aliphatic heterocycles. The summed E-state index contributed by atoms with van der Waals surface area (Å²) in [6.45, 7) is 1.95. The average molecular weight is 328 g/mol. The van der Waals surface area contributed by atoms with E-state index in [4.69, 9.17) is 0 Å². The van der Waals surface area contributed by atoms with E-state index in [-0.39, 0.29) is 17.7 Å². The smallest absolute Gasteiger partial charge is 0.307 e. The van der Waals surface area contributed by atoms with Gasteiger partial charge in [0.2, 0.25) is 5.91 Å². The lowest BCUT2D eigenvalue weighted by atomic mass is 9.82. The summed E-state index contributed by atoms with van der Waals surface area (Å²) in [7, 11) is 0. The summed E-state index contributed by atoms with van der Waals surface area (Å²) in [4.78, 5) is 28.6. The van der Waals surface area contributed by atoms with Crippen molar-refractivity contribution in [3.8, 4) is 0 Å². The molecule has 1 fully saturated rings. The first-order valence-electron chi connectivity index (χ1n) is 7.62. The highest BCUT2D eigenvalue weighted by molar-refractivity contribution is 7.18. The van der Waals surface area contributed by atoms with Gasteiger partial charge in [-0.15, -0.1) is 11.3 Å². The summed E-state index contributed by atoms with van der Waals surface area (Å²) < 4.78 is 1.02. The van der Waals surface area contributed by atoms with Crippen molar-refractivity contribution >= 4 is 39.1 Å². The number of benzene rings is 1. The Hall–Kier alpha value is -2.21. The van der Waals surface area contributed by atoms with Gasteiger partial charge in [0.15, 0.2) is 0 Å². The zero-order chi connectivity index (χ0) is 16.1. The molecular weight excluding hydrogens is 312 g/mol. The number of rotatable bonds is 3. The van der Waals surface area contributed by atoms with Crippen LogP contribution in [0.1, 0.15) is 11.4 Å². The number of amides is 1. The number of aromatic nitrogens is 1. The Morgan fingerprint density at radius 1 is 1.26 bits per heavy atom. The minimum atomic E-state index is -0.879. The molecule has 5 nitrogen and oxygen atoms in total. The van der Waals surface area contributed by atoms with Crippen LogP contribution in [0.3, 0.4) is 0 Å². The number of thiazole rings is 1. The monoisotopic (exact) mass is 328 g/mol. The molecule has 4 atom stereocenters. The molecule has 1 amide bonds. The summed E-state index contributed by atoms with van der Waals surface area (Å²) in [5.41, 5.74) is 1.61. The van der Waals surface area contributed by atoms with E-state index in [1.54, 1.807) is 11.3 Å². The molecule has 1 saturated carbocycles. The standard InChI is InChI=1S/C17H16N2O3S/c1-8-18-12-5-4-11(7-13(12)23-8)19-16(20)14-9-2-3-10(6-9)15(14)17(21)22/h2-5,7,9-10,14-15H,6H2,1H3,(H,19,20)(H,21,22)/t9-,10-,14+,15-/m0/s1. The molecule has 0 spiro atoms. The van der Waals surface area contributed by atoms with E-state index in [0.29, 0.717) is 5.69 Å². The molecule has 1 heterocycles. The fourth-order valence-electron chi connectivity index (χ4n) is 3.86. The predicted octanol–water partition coefficient (Wildman–Crippen LogP) is 3.07. The fraction of sp³-hybridized carbons (Fsp3) is 0.353. The van der Waals surface area contributed by atoms with E-state index in [0.717, 1.165) is 21.6 Å². The Labute approximate surface area is 137 Å². The first-order chi connectivity index (χ1) is 11.0. The van der Waals surface area contributed by atoms with Crippen LogP contribution in [0.5, 0.6) is 0 Å². The van der Waals surface area contributed by atoms with Crippen LogP contribution in [0.15, 0.2) is 30.4 Å². The van der Waals surface area contributed by atoms with Crippen LogP contribution in [-0.2, 0) is 9.59 Å². The molecule has 1 aromatic carbocycles. The maximum Gasteiger partial charge on any atom is 0.307 e. The molecular formula is C17H16N2O3S. The second-order valence-electron chi connectivity index (χ2n) is 6.24. The van der Waals surface area contributed by atoms with E-state index >= 15 is 0 Å². The first kappa shape index (κ1) is 14.4. The summed E-state index contributed by atoms with van der Waals surface area (Å²) in [6.07, 6.45) is 4.70. The zero-order valence-electron chi connectivity index (χ0n) is 12.5. The summed E-state index contributed by atoms with van der Waals surface area (Å²) in [5, 5.41) is 13.3. The average Bonchev–Trinajstić information content (AvgIpc) is 3.18. The van der Waals surface area contributed by atoms with Crippen molar-refractivity contribution < 1.29 is 14.7 Å². The molecule has 23 heavy (non-hydrogen) atoms.